The van der Waals surface area contributed by atoms with Gasteiger partial charge < -0.3 is 9.80 Å². The smallest absolute Gasteiger partial charge is 0.227 e. The Morgan fingerprint density at radius 3 is 2.45 bits per heavy atom. The van der Waals surface area contributed by atoms with Crippen LogP contribution in [-0.4, -0.2) is 71.5 Å². The van der Waals surface area contributed by atoms with Gasteiger partial charge in [0.1, 0.15) is 0 Å². The summed E-state index contributed by atoms with van der Waals surface area (Å²) in [6.45, 7) is 11.9. The van der Waals surface area contributed by atoms with Gasteiger partial charge in [-0.1, -0.05) is 6.92 Å². The normalized spacial score (nSPS) is 34.6. The van der Waals surface area contributed by atoms with Gasteiger partial charge in [0, 0.05) is 37.8 Å². The van der Waals surface area contributed by atoms with Gasteiger partial charge in [-0.2, -0.15) is 0 Å². The Balaban J connectivity index is 1.53. The minimum Gasteiger partial charge on any atom is -0.339 e. The standard InChI is InChI=1S/C16H29N3O/c1-4-6-19-14-8-15(19)11-18(10-14)16(20)13-5-7-17(9-13)12(2)3/h12-15H,4-11H2,1-3H3/t13-,14?,15?/m1/s1. The van der Waals surface area contributed by atoms with Crippen LogP contribution in [0.3, 0.4) is 0 Å². The molecule has 1 amide bonds. The fourth-order valence-electron chi connectivity index (χ4n) is 4.21. The summed E-state index contributed by atoms with van der Waals surface area (Å²) < 4.78 is 0. The van der Waals surface area contributed by atoms with Gasteiger partial charge in [0.2, 0.25) is 5.91 Å². The number of fused-ring (bicyclic) bond motifs is 2. The Labute approximate surface area is 123 Å². The third-order valence-corrected chi connectivity index (χ3v) is 5.44. The number of piperazine rings is 1. The van der Waals surface area contributed by atoms with Gasteiger partial charge in [0.25, 0.3) is 0 Å². The number of rotatable bonds is 4. The highest BCUT2D eigenvalue weighted by molar-refractivity contribution is 5.79. The van der Waals surface area contributed by atoms with Crippen LogP contribution in [0.15, 0.2) is 0 Å². The molecular weight excluding hydrogens is 250 g/mol. The molecule has 4 rings (SSSR count). The summed E-state index contributed by atoms with van der Waals surface area (Å²) in [5, 5.41) is 0. The monoisotopic (exact) mass is 279 g/mol. The van der Waals surface area contributed by atoms with Crippen molar-refractivity contribution in [2.24, 2.45) is 5.92 Å². The summed E-state index contributed by atoms with van der Waals surface area (Å²) in [6, 6.07) is 1.88. The summed E-state index contributed by atoms with van der Waals surface area (Å²) >= 11 is 0. The number of carbonyl (C=O) groups is 1. The lowest BCUT2D eigenvalue weighted by atomic mass is 9.86. The first kappa shape index (κ1) is 14.3. The average molecular weight is 279 g/mol. The van der Waals surface area contributed by atoms with Crippen molar-refractivity contribution in [3.8, 4) is 0 Å². The van der Waals surface area contributed by atoms with Crippen LogP contribution >= 0.6 is 0 Å². The van der Waals surface area contributed by atoms with E-state index in [2.05, 4.69) is 35.5 Å². The minimum absolute atomic E-state index is 0.259. The Bertz CT molecular complexity index is 359. The van der Waals surface area contributed by atoms with Gasteiger partial charge in [-0.25, -0.2) is 0 Å². The fourth-order valence-corrected chi connectivity index (χ4v) is 4.21. The molecule has 0 aromatic carbocycles. The second kappa shape index (κ2) is 5.64. The topological polar surface area (TPSA) is 26.8 Å². The lowest BCUT2D eigenvalue weighted by molar-refractivity contribution is -0.147. The Morgan fingerprint density at radius 2 is 1.90 bits per heavy atom. The zero-order valence-electron chi connectivity index (χ0n) is 13.2. The number of likely N-dealkylation sites (tertiary alicyclic amines) is 1. The number of hydrogen-bond donors (Lipinski definition) is 0. The van der Waals surface area contributed by atoms with Crippen molar-refractivity contribution in [1.82, 2.24) is 14.7 Å². The second-order valence-corrected chi connectivity index (χ2v) is 7.10. The molecule has 0 aromatic heterocycles. The van der Waals surface area contributed by atoms with E-state index in [0.29, 0.717) is 24.0 Å². The summed E-state index contributed by atoms with van der Waals surface area (Å²) in [6.07, 6.45) is 3.60. The summed E-state index contributed by atoms with van der Waals surface area (Å²) in [5.41, 5.74) is 0. The predicted octanol–water partition coefficient (Wildman–Crippen LogP) is 1.41. The highest BCUT2D eigenvalue weighted by Gasteiger charge is 2.46. The highest BCUT2D eigenvalue weighted by Crippen LogP contribution is 2.33. The van der Waals surface area contributed by atoms with Crippen molar-refractivity contribution in [2.75, 3.05) is 32.7 Å². The third kappa shape index (κ3) is 2.48. The largest absolute Gasteiger partial charge is 0.339 e. The number of hydrogen-bond acceptors (Lipinski definition) is 3. The van der Waals surface area contributed by atoms with Crippen LogP contribution < -0.4 is 0 Å². The third-order valence-electron chi connectivity index (χ3n) is 5.44. The highest BCUT2D eigenvalue weighted by atomic mass is 16.2. The molecular formula is C16H29N3O. The van der Waals surface area contributed by atoms with Crippen molar-refractivity contribution >= 4 is 5.91 Å². The zero-order chi connectivity index (χ0) is 14.3. The number of amides is 1. The Kier molecular flexibility index (Phi) is 4.04. The molecule has 4 nitrogen and oxygen atoms in total. The van der Waals surface area contributed by atoms with E-state index in [1.54, 1.807) is 0 Å². The van der Waals surface area contributed by atoms with Crippen molar-refractivity contribution in [3.63, 3.8) is 0 Å². The van der Waals surface area contributed by atoms with Gasteiger partial charge in [0.05, 0.1) is 5.92 Å². The lowest BCUT2D eigenvalue weighted by Gasteiger charge is -2.56. The van der Waals surface area contributed by atoms with Crippen LogP contribution in [0.1, 0.15) is 40.0 Å². The van der Waals surface area contributed by atoms with Crippen LogP contribution in [0.25, 0.3) is 0 Å². The summed E-state index contributed by atoms with van der Waals surface area (Å²) in [4.78, 5) is 19.9. The maximum Gasteiger partial charge on any atom is 0.227 e. The summed E-state index contributed by atoms with van der Waals surface area (Å²) in [5.74, 6) is 0.688. The molecule has 2 bridgehead atoms. The molecule has 4 heterocycles. The van der Waals surface area contributed by atoms with Gasteiger partial charge in [-0.05, 0) is 46.2 Å². The number of piperidine rings is 1. The molecule has 114 valence electrons. The SMILES string of the molecule is CCCN1C2CC1CN(C(=O)[C@@H]1CCN(C(C)C)C1)C2. The molecule has 4 fully saturated rings. The predicted molar refractivity (Wildman–Crippen MR) is 80.6 cm³/mol. The second-order valence-electron chi connectivity index (χ2n) is 7.10. The molecule has 20 heavy (non-hydrogen) atoms. The molecule has 0 radical (unpaired) electrons. The van der Waals surface area contributed by atoms with Crippen LogP contribution in [0.4, 0.5) is 0 Å². The quantitative estimate of drug-likeness (QED) is 0.778. The first-order valence-electron chi connectivity index (χ1n) is 8.38. The molecule has 4 aliphatic rings. The summed E-state index contributed by atoms with van der Waals surface area (Å²) in [7, 11) is 0. The molecule has 0 aromatic rings. The molecule has 2 unspecified atom stereocenters. The van der Waals surface area contributed by atoms with E-state index in [1.165, 1.54) is 19.4 Å². The van der Waals surface area contributed by atoms with E-state index < -0.39 is 0 Å². The molecule has 4 heteroatoms. The van der Waals surface area contributed by atoms with Crippen LogP contribution in [-0.2, 0) is 4.79 Å². The zero-order valence-corrected chi connectivity index (χ0v) is 13.2. The van der Waals surface area contributed by atoms with E-state index in [9.17, 15) is 4.79 Å². The molecule has 0 aliphatic carbocycles. The van der Waals surface area contributed by atoms with Gasteiger partial charge in [0.15, 0.2) is 0 Å². The van der Waals surface area contributed by atoms with E-state index in [1.807, 2.05) is 0 Å². The van der Waals surface area contributed by atoms with Crippen LogP contribution in [0.5, 0.6) is 0 Å². The van der Waals surface area contributed by atoms with Crippen molar-refractivity contribution in [3.05, 3.63) is 0 Å². The van der Waals surface area contributed by atoms with Crippen molar-refractivity contribution in [1.29, 1.82) is 0 Å². The van der Waals surface area contributed by atoms with E-state index in [0.717, 1.165) is 32.6 Å². The molecule has 4 aliphatic heterocycles. The number of nitrogens with zero attached hydrogens (tertiary/aromatic N) is 3. The maximum absolute atomic E-state index is 12.7. The Morgan fingerprint density at radius 1 is 1.20 bits per heavy atom. The van der Waals surface area contributed by atoms with Crippen molar-refractivity contribution < 1.29 is 4.79 Å². The lowest BCUT2D eigenvalue weighted by Crippen LogP contribution is -2.69. The molecule has 0 spiro atoms. The van der Waals surface area contributed by atoms with E-state index >= 15 is 0 Å². The number of carbonyl (C=O) groups excluding carboxylic acids is 1. The first-order valence-corrected chi connectivity index (χ1v) is 8.38. The minimum atomic E-state index is 0.259. The van der Waals surface area contributed by atoms with E-state index in [4.69, 9.17) is 0 Å². The first-order chi connectivity index (χ1) is 9.60. The maximum atomic E-state index is 12.7. The van der Waals surface area contributed by atoms with Crippen LogP contribution in [0.2, 0.25) is 0 Å². The van der Waals surface area contributed by atoms with Crippen molar-refractivity contribution in [2.45, 2.75) is 58.2 Å². The molecule has 0 N–H and O–H groups in total. The average Bonchev–Trinajstić information content (AvgIpc) is 2.94. The fraction of sp³-hybridized carbons (Fsp3) is 0.938. The van der Waals surface area contributed by atoms with Crippen LogP contribution in [0, 0.1) is 5.92 Å². The molecule has 4 saturated heterocycles. The van der Waals surface area contributed by atoms with Gasteiger partial charge in [-0.3, -0.25) is 9.69 Å². The van der Waals surface area contributed by atoms with E-state index in [-0.39, 0.29) is 5.92 Å². The molecule has 0 saturated carbocycles. The molecule has 3 atom stereocenters. The van der Waals surface area contributed by atoms with Gasteiger partial charge in [-0.15, -0.1) is 0 Å². The Hall–Kier alpha value is -0.610. The van der Waals surface area contributed by atoms with Gasteiger partial charge >= 0.3 is 0 Å².